The van der Waals surface area contributed by atoms with Crippen molar-refractivity contribution in [2.45, 2.75) is 24.7 Å². The maximum absolute atomic E-state index is 13.4. The number of rotatable bonds is 4. The Bertz CT molecular complexity index is 996. The Balaban J connectivity index is 1.77. The van der Waals surface area contributed by atoms with Crippen molar-refractivity contribution in [2.75, 3.05) is 11.4 Å². The zero-order valence-corrected chi connectivity index (χ0v) is 16.6. The zero-order valence-electron chi connectivity index (χ0n) is 15.1. The molecule has 3 rings (SSSR count). The quantitative estimate of drug-likeness (QED) is 0.531. The van der Waals surface area contributed by atoms with Gasteiger partial charge in [0.15, 0.2) is 0 Å². The molecule has 30 heavy (non-hydrogen) atoms. The van der Waals surface area contributed by atoms with Gasteiger partial charge in [-0.3, -0.25) is 9.59 Å². The number of aliphatic hydroxyl groups is 1. The molecule has 2 aromatic carbocycles. The molecule has 1 saturated heterocycles. The van der Waals surface area contributed by atoms with Gasteiger partial charge in [-0.05, 0) is 42.0 Å². The van der Waals surface area contributed by atoms with Gasteiger partial charge in [0.25, 0.3) is 11.8 Å². The van der Waals surface area contributed by atoms with E-state index in [1.807, 2.05) is 0 Å². The molecular formula is C19H14Cl2F4N2O3. The largest absolute Gasteiger partial charge is 0.417 e. The van der Waals surface area contributed by atoms with Crippen LogP contribution in [0.15, 0.2) is 36.4 Å². The van der Waals surface area contributed by atoms with Crippen molar-refractivity contribution >= 4 is 40.7 Å². The SMILES string of the molecule is O=C(NCc1cc(F)cc(Cl)c1)C1(O)CCN(c2ccc(Cl)c(C(F)(F)F)c2)C1=O. The summed E-state index contributed by atoms with van der Waals surface area (Å²) in [6.07, 6.45) is -5.08. The molecule has 0 aromatic heterocycles. The van der Waals surface area contributed by atoms with Crippen LogP contribution < -0.4 is 10.2 Å². The highest BCUT2D eigenvalue weighted by atomic mass is 35.5. The third-order valence-electron chi connectivity index (χ3n) is 4.61. The van der Waals surface area contributed by atoms with Gasteiger partial charge < -0.3 is 15.3 Å². The van der Waals surface area contributed by atoms with Crippen LogP contribution in [0, 0.1) is 5.82 Å². The molecule has 2 N–H and O–H groups in total. The molecule has 0 aliphatic carbocycles. The molecule has 5 nitrogen and oxygen atoms in total. The fourth-order valence-electron chi connectivity index (χ4n) is 3.10. The number of benzene rings is 2. The number of alkyl halides is 3. The van der Waals surface area contributed by atoms with E-state index in [0.717, 1.165) is 23.1 Å². The number of amides is 2. The highest BCUT2D eigenvalue weighted by Crippen LogP contribution is 2.38. The van der Waals surface area contributed by atoms with Gasteiger partial charge in [-0.1, -0.05) is 23.2 Å². The first-order chi connectivity index (χ1) is 13.9. The van der Waals surface area contributed by atoms with Crippen LogP contribution in [0.2, 0.25) is 10.0 Å². The van der Waals surface area contributed by atoms with Crippen molar-refractivity contribution in [2.24, 2.45) is 0 Å². The summed E-state index contributed by atoms with van der Waals surface area (Å²) in [5.74, 6) is -2.76. The predicted octanol–water partition coefficient (Wildman–Crippen LogP) is 3.94. The number of hydrogen-bond donors (Lipinski definition) is 2. The molecule has 0 bridgehead atoms. The fraction of sp³-hybridized carbons (Fsp3) is 0.263. The van der Waals surface area contributed by atoms with Crippen molar-refractivity contribution in [1.82, 2.24) is 5.32 Å². The lowest BCUT2D eigenvalue weighted by atomic mass is 10.0. The molecule has 160 valence electrons. The second kappa shape index (κ2) is 8.05. The first-order valence-corrected chi connectivity index (χ1v) is 9.32. The highest BCUT2D eigenvalue weighted by molar-refractivity contribution is 6.31. The van der Waals surface area contributed by atoms with Crippen LogP contribution in [0.3, 0.4) is 0 Å². The van der Waals surface area contributed by atoms with E-state index in [9.17, 15) is 32.3 Å². The lowest BCUT2D eigenvalue weighted by Crippen LogP contribution is -2.52. The third kappa shape index (κ3) is 4.38. The fourth-order valence-corrected chi connectivity index (χ4v) is 3.57. The lowest BCUT2D eigenvalue weighted by Gasteiger charge is -2.22. The Hall–Kier alpha value is -2.36. The van der Waals surface area contributed by atoms with Gasteiger partial charge in [0.1, 0.15) is 5.82 Å². The Labute approximate surface area is 178 Å². The van der Waals surface area contributed by atoms with Crippen LogP contribution in [-0.2, 0) is 22.3 Å². The van der Waals surface area contributed by atoms with Crippen molar-refractivity contribution in [3.8, 4) is 0 Å². The van der Waals surface area contributed by atoms with Crippen LogP contribution >= 0.6 is 23.2 Å². The smallest absolute Gasteiger partial charge is 0.372 e. The summed E-state index contributed by atoms with van der Waals surface area (Å²) in [5, 5.41) is 12.5. The summed E-state index contributed by atoms with van der Waals surface area (Å²) in [7, 11) is 0. The second-order valence-electron chi connectivity index (χ2n) is 6.69. The van der Waals surface area contributed by atoms with Gasteiger partial charge in [0, 0.05) is 30.2 Å². The first-order valence-electron chi connectivity index (χ1n) is 8.56. The molecule has 0 radical (unpaired) electrons. The molecule has 1 aliphatic rings. The van der Waals surface area contributed by atoms with Crippen LogP contribution in [0.5, 0.6) is 0 Å². The monoisotopic (exact) mass is 464 g/mol. The van der Waals surface area contributed by atoms with Crippen LogP contribution in [0.4, 0.5) is 23.2 Å². The van der Waals surface area contributed by atoms with E-state index in [2.05, 4.69) is 5.32 Å². The highest BCUT2D eigenvalue weighted by Gasteiger charge is 2.52. The molecule has 1 heterocycles. The molecule has 1 aliphatic heterocycles. The Morgan fingerprint density at radius 1 is 1.20 bits per heavy atom. The summed E-state index contributed by atoms with van der Waals surface area (Å²) in [5.41, 5.74) is -3.48. The van der Waals surface area contributed by atoms with E-state index in [1.165, 1.54) is 12.1 Å². The zero-order chi connectivity index (χ0) is 22.3. The van der Waals surface area contributed by atoms with E-state index < -0.39 is 40.0 Å². The van der Waals surface area contributed by atoms with E-state index in [0.29, 0.717) is 11.6 Å². The number of halogens is 6. The molecular weight excluding hydrogens is 451 g/mol. The number of anilines is 1. The van der Waals surface area contributed by atoms with Gasteiger partial charge in [0.05, 0.1) is 10.6 Å². The van der Waals surface area contributed by atoms with E-state index >= 15 is 0 Å². The Kier molecular flexibility index (Phi) is 5.99. The summed E-state index contributed by atoms with van der Waals surface area (Å²) in [6.45, 7) is -0.404. The third-order valence-corrected chi connectivity index (χ3v) is 5.16. The van der Waals surface area contributed by atoms with Crippen molar-refractivity contribution in [3.63, 3.8) is 0 Å². The van der Waals surface area contributed by atoms with Gasteiger partial charge in [-0.25, -0.2) is 4.39 Å². The van der Waals surface area contributed by atoms with Crippen molar-refractivity contribution < 1.29 is 32.3 Å². The molecule has 0 spiro atoms. The number of hydrogen-bond acceptors (Lipinski definition) is 3. The topological polar surface area (TPSA) is 69.6 Å². The minimum atomic E-state index is -4.74. The van der Waals surface area contributed by atoms with Gasteiger partial charge in [-0.2, -0.15) is 13.2 Å². The minimum absolute atomic E-state index is 0.101. The number of nitrogens with one attached hydrogen (secondary N) is 1. The number of carbonyl (C=O) groups excluding carboxylic acids is 2. The average molecular weight is 465 g/mol. The normalized spacial score (nSPS) is 19.3. The average Bonchev–Trinajstić information content (AvgIpc) is 2.95. The summed E-state index contributed by atoms with van der Waals surface area (Å²) in [6, 6.07) is 6.43. The second-order valence-corrected chi connectivity index (χ2v) is 7.53. The molecule has 1 atom stereocenters. The Morgan fingerprint density at radius 3 is 2.53 bits per heavy atom. The maximum Gasteiger partial charge on any atom is 0.417 e. The Morgan fingerprint density at radius 2 is 1.90 bits per heavy atom. The minimum Gasteiger partial charge on any atom is -0.372 e. The van der Waals surface area contributed by atoms with Gasteiger partial charge >= 0.3 is 6.18 Å². The first kappa shape index (κ1) is 22.3. The summed E-state index contributed by atoms with van der Waals surface area (Å²) >= 11 is 11.3. The van der Waals surface area contributed by atoms with Crippen LogP contribution in [-0.4, -0.2) is 29.1 Å². The van der Waals surface area contributed by atoms with E-state index in [4.69, 9.17) is 23.2 Å². The summed E-state index contributed by atoms with van der Waals surface area (Å²) < 4.78 is 52.6. The molecule has 2 amide bonds. The van der Waals surface area contributed by atoms with E-state index in [1.54, 1.807) is 0 Å². The number of nitrogens with zero attached hydrogens (tertiary/aromatic N) is 1. The molecule has 1 unspecified atom stereocenters. The standard InChI is InChI=1S/C19H14Cl2F4N2O3/c20-11-5-10(6-12(22)7-11)9-26-16(28)18(30)3-4-27(17(18)29)13-1-2-15(21)14(8-13)19(23,24)25/h1-2,5-8,30H,3-4,9H2,(H,26,28). The molecule has 2 aromatic rings. The van der Waals surface area contributed by atoms with Gasteiger partial charge in [0.2, 0.25) is 5.60 Å². The van der Waals surface area contributed by atoms with Gasteiger partial charge in [-0.15, -0.1) is 0 Å². The molecule has 11 heteroatoms. The van der Waals surface area contributed by atoms with Crippen LogP contribution in [0.1, 0.15) is 17.5 Å². The predicted molar refractivity (Wildman–Crippen MR) is 102 cm³/mol. The molecule has 1 fully saturated rings. The van der Waals surface area contributed by atoms with E-state index in [-0.39, 0.29) is 30.2 Å². The molecule has 0 saturated carbocycles. The summed E-state index contributed by atoms with van der Waals surface area (Å²) in [4.78, 5) is 26.0. The van der Waals surface area contributed by atoms with Crippen molar-refractivity contribution in [3.05, 3.63) is 63.4 Å². The maximum atomic E-state index is 13.4. The number of carbonyl (C=O) groups is 2. The van der Waals surface area contributed by atoms with Crippen LogP contribution in [0.25, 0.3) is 0 Å². The lowest BCUT2D eigenvalue weighted by molar-refractivity contribution is -0.149. The van der Waals surface area contributed by atoms with Crippen molar-refractivity contribution in [1.29, 1.82) is 0 Å².